The van der Waals surface area contributed by atoms with E-state index >= 15 is 0 Å². The van der Waals surface area contributed by atoms with Crippen molar-refractivity contribution >= 4 is 29.9 Å². The molecule has 1 aromatic rings. The number of hydrogen-bond donors (Lipinski definition) is 2. The van der Waals surface area contributed by atoms with Gasteiger partial charge in [-0.2, -0.15) is 0 Å². The van der Waals surface area contributed by atoms with E-state index < -0.39 is 0 Å². The van der Waals surface area contributed by atoms with E-state index in [0.717, 1.165) is 29.2 Å². The van der Waals surface area contributed by atoms with Gasteiger partial charge in [0, 0.05) is 29.3 Å². The first-order chi connectivity index (χ1) is 8.20. The second-order valence-corrected chi connectivity index (χ2v) is 5.67. The molecule has 0 spiro atoms. The van der Waals surface area contributed by atoms with E-state index in [1.54, 1.807) is 6.07 Å². The Morgan fingerprint density at radius 1 is 1.71 bits per heavy atom. The Morgan fingerprint density at radius 3 is 3.18 bits per heavy atom. The number of thiophene rings is 1. The lowest BCUT2D eigenvalue weighted by molar-refractivity contribution is 0.0828. The molecule has 0 radical (unpaired) electrons. The van der Waals surface area contributed by atoms with E-state index in [0.29, 0.717) is 18.6 Å². The highest BCUT2D eigenvalue weighted by atomic mass is 32.1. The number of thiol groups is 1. The SMILES string of the molecule is CCC1OCCC1CNC(=O)c1cc(S)cs1. The first-order valence-corrected chi connectivity index (χ1v) is 7.20. The molecule has 0 bridgehead atoms. The van der Waals surface area contributed by atoms with Crippen LogP contribution in [0, 0.1) is 5.92 Å². The number of carbonyl (C=O) groups is 1. The number of carbonyl (C=O) groups excluding carboxylic acids is 1. The van der Waals surface area contributed by atoms with Gasteiger partial charge in [0.15, 0.2) is 0 Å². The van der Waals surface area contributed by atoms with Crippen LogP contribution in [0.1, 0.15) is 29.4 Å². The summed E-state index contributed by atoms with van der Waals surface area (Å²) in [7, 11) is 0. The zero-order valence-electron chi connectivity index (χ0n) is 9.81. The van der Waals surface area contributed by atoms with E-state index in [4.69, 9.17) is 4.74 Å². The Labute approximate surface area is 111 Å². The normalized spacial score (nSPS) is 23.9. The molecular formula is C12H17NO2S2. The van der Waals surface area contributed by atoms with Gasteiger partial charge < -0.3 is 10.1 Å². The van der Waals surface area contributed by atoms with E-state index in [-0.39, 0.29) is 5.91 Å². The van der Waals surface area contributed by atoms with Gasteiger partial charge in [-0.1, -0.05) is 6.92 Å². The Bertz CT molecular complexity index is 392. The molecule has 2 heterocycles. The summed E-state index contributed by atoms with van der Waals surface area (Å²) in [6.07, 6.45) is 2.36. The predicted octanol–water partition coefficient (Wildman–Crippen LogP) is 2.58. The third-order valence-electron chi connectivity index (χ3n) is 3.08. The van der Waals surface area contributed by atoms with Crippen molar-refractivity contribution in [2.75, 3.05) is 13.2 Å². The van der Waals surface area contributed by atoms with Gasteiger partial charge in [0.2, 0.25) is 0 Å². The van der Waals surface area contributed by atoms with E-state index in [2.05, 4.69) is 24.9 Å². The lowest BCUT2D eigenvalue weighted by atomic mass is 10.00. The van der Waals surface area contributed by atoms with E-state index in [1.807, 2.05) is 5.38 Å². The number of nitrogens with one attached hydrogen (secondary N) is 1. The summed E-state index contributed by atoms with van der Waals surface area (Å²) in [5, 5.41) is 4.84. The lowest BCUT2D eigenvalue weighted by Crippen LogP contribution is -2.32. The third kappa shape index (κ3) is 3.24. The largest absolute Gasteiger partial charge is 0.378 e. The molecule has 1 amide bonds. The van der Waals surface area contributed by atoms with E-state index in [9.17, 15) is 4.79 Å². The Balaban J connectivity index is 1.84. The molecule has 0 aliphatic carbocycles. The van der Waals surface area contributed by atoms with E-state index in [1.165, 1.54) is 11.3 Å². The van der Waals surface area contributed by atoms with Gasteiger partial charge in [0.25, 0.3) is 5.91 Å². The van der Waals surface area contributed by atoms with Crippen molar-refractivity contribution in [3.8, 4) is 0 Å². The average Bonchev–Trinajstić information content (AvgIpc) is 2.94. The molecule has 2 unspecified atom stereocenters. The van der Waals surface area contributed by atoms with Crippen molar-refractivity contribution in [3.63, 3.8) is 0 Å². The number of rotatable bonds is 4. The topological polar surface area (TPSA) is 38.3 Å². The van der Waals surface area contributed by atoms with Crippen LogP contribution in [0.25, 0.3) is 0 Å². The molecule has 1 N–H and O–H groups in total. The van der Waals surface area contributed by atoms with Crippen LogP contribution in [0.4, 0.5) is 0 Å². The summed E-state index contributed by atoms with van der Waals surface area (Å²) in [5.41, 5.74) is 0. The van der Waals surface area contributed by atoms with Gasteiger partial charge in [-0.3, -0.25) is 4.79 Å². The molecule has 2 rings (SSSR count). The maximum atomic E-state index is 11.8. The highest BCUT2D eigenvalue weighted by molar-refractivity contribution is 7.80. The van der Waals surface area contributed by atoms with Crippen molar-refractivity contribution in [2.24, 2.45) is 5.92 Å². The predicted molar refractivity (Wildman–Crippen MR) is 72.0 cm³/mol. The summed E-state index contributed by atoms with van der Waals surface area (Å²) >= 11 is 5.62. The van der Waals surface area contributed by atoms with Crippen LogP contribution in [-0.4, -0.2) is 25.2 Å². The summed E-state index contributed by atoms with van der Waals surface area (Å²) < 4.78 is 5.60. The maximum absolute atomic E-state index is 11.8. The van der Waals surface area contributed by atoms with Crippen LogP contribution in [0.2, 0.25) is 0 Å². The minimum atomic E-state index is -0.00273. The highest BCUT2D eigenvalue weighted by Crippen LogP contribution is 2.23. The zero-order valence-corrected chi connectivity index (χ0v) is 11.5. The van der Waals surface area contributed by atoms with Gasteiger partial charge in [-0.05, 0) is 18.9 Å². The van der Waals surface area contributed by atoms with Gasteiger partial charge in [0.1, 0.15) is 0 Å². The van der Waals surface area contributed by atoms with Crippen LogP contribution in [0.5, 0.6) is 0 Å². The molecular weight excluding hydrogens is 254 g/mol. The summed E-state index contributed by atoms with van der Waals surface area (Å²) in [6.45, 7) is 3.65. The smallest absolute Gasteiger partial charge is 0.261 e. The summed E-state index contributed by atoms with van der Waals surface area (Å²) in [6, 6.07) is 1.80. The Hall–Kier alpha value is -0.520. The first kappa shape index (κ1) is 12.9. The minimum Gasteiger partial charge on any atom is -0.378 e. The van der Waals surface area contributed by atoms with Gasteiger partial charge in [-0.25, -0.2) is 0 Å². The molecule has 0 aromatic carbocycles. The summed E-state index contributed by atoms with van der Waals surface area (Å²) in [5.74, 6) is 0.455. The zero-order chi connectivity index (χ0) is 12.3. The molecule has 0 saturated carbocycles. The second kappa shape index (κ2) is 5.89. The fraction of sp³-hybridized carbons (Fsp3) is 0.583. The molecule has 1 aromatic heterocycles. The fourth-order valence-electron chi connectivity index (χ4n) is 2.13. The monoisotopic (exact) mass is 271 g/mol. The van der Waals surface area contributed by atoms with Crippen molar-refractivity contribution in [1.82, 2.24) is 5.32 Å². The minimum absolute atomic E-state index is 0.00273. The van der Waals surface area contributed by atoms with Crippen molar-refractivity contribution in [3.05, 3.63) is 16.3 Å². The molecule has 1 saturated heterocycles. The molecule has 3 nitrogen and oxygen atoms in total. The van der Waals surface area contributed by atoms with Crippen LogP contribution in [0.3, 0.4) is 0 Å². The fourth-order valence-corrected chi connectivity index (χ4v) is 3.20. The molecule has 1 fully saturated rings. The van der Waals surface area contributed by atoms with Crippen molar-refractivity contribution < 1.29 is 9.53 Å². The molecule has 2 atom stereocenters. The molecule has 1 aliphatic heterocycles. The van der Waals surface area contributed by atoms with Crippen LogP contribution in [0.15, 0.2) is 16.3 Å². The number of ether oxygens (including phenoxy) is 1. The van der Waals surface area contributed by atoms with Gasteiger partial charge in [-0.15, -0.1) is 24.0 Å². The van der Waals surface area contributed by atoms with Gasteiger partial charge >= 0.3 is 0 Å². The molecule has 5 heteroatoms. The lowest BCUT2D eigenvalue weighted by Gasteiger charge is -2.16. The van der Waals surface area contributed by atoms with Gasteiger partial charge in [0.05, 0.1) is 11.0 Å². The quantitative estimate of drug-likeness (QED) is 0.826. The molecule has 17 heavy (non-hydrogen) atoms. The first-order valence-electron chi connectivity index (χ1n) is 5.88. The number of hydrogen-bond acceptors (Lipinski definition) is 4. The standard InChI is InChI=1S/C12H17NO2S2/c1-2-10-8(3-4-15-10)6-13-12(14)11-5-9(16)7-17-11/h5,7-8,10,16H,2-4,6H2,1H3,(H,13,14). The summed E-state index contributed by atoms with van der Waals surface area (Å²) in [4.78, 5) is 13.4. The van der Waals surface area contributed by atoms with Crippen molar-refractivity contribution in [2.45, 2.75) is 30.8 Å². The Kier molecular flexibility index (Phi) is 4.48. The Morgan fingerprint density at radius 2 is 2.53 bits per heavy atom. The maximum Gasteiger partial charge on any atom is 0.261 e. The van der Waals surface area contributed by atoms with Crippen LogP contribution < -0.4 is 5.32 Å². The third-order valence-corrected chi connectivity index (χ3v) is 4.44. The second-order valence-electron chi connectivity index (χ2n) is 4.25. The molecule has 94 valence electrons. The number of amides is 1. The van der Waals surface area contributed by atoms with Crippen molar-refractivity contribution in [1.29, 1.82) is 0 Å². The van der Waals surface area contributed by atoms with Crippen LogP contribution >= 0.6 is 24.0 Å². The van der Waals surface area contributed by atoms with Crippen LogP contribution in [-0.2, 0) is 4.74 Å². The average molecular weight is 271 g/mol. The highest BCUT2D eigenvalue weighted by Gasteiger charge is 2.26. The molecule has 1 aliphatic rings.